The summed E-state index contributed by atoms with van der Waals surface area (Å²) in [6, 6.07) is 2.19. The standard InChI is InChI=1S/C20H26Cl2N2O4/c1-5-6-7-15-16(19(25)27-4)17(24-20(26)23-15)12-8-13(21)18(14(22)9-12)28-10-11(2)3/h8-9,11,17H,5-7,10H2,1-4H3,(H2,23,24,26). The maximum Gasteiger partial charge on any atom is 0.337 e. The molecule has 0 aromatic heterocycles. The van der Waals surface area contributed by atoms with Crippen LogP contribution in [0.15, 0.2) is 23.4 Å². The number of rotatable bonds is 8. The lowest BCUT2D eigenvalue weighted by atomic mass is 9.93. The van der Waals surface area contributed by atoms with Crippen LogP contribution in [-0.4, -0.2) is 25.7 Å². The Morgan fingerprint density at radius 3 is 2.43 bits per heavy atom. The Morgan fingerprint density at radius 1 is 1.25 bits per heavy atom. The number of amides is 2. The van der Waals surface area contributed by atoms with Crippen LogP contribution in [0.3, 0.4) is 0 Å². The van der Waals surface area contributed by atoms with Crippen LogP contribution in [0.5, 0.6) is 5.75 Å². The van der Waals surface area contributed by atoms with Crippen LogP contribution in [0, 0.1) is 5.92 Å². The van der Waals surface area contributed by atoms with Crippen LogP contribution in [-0.2, 0) is 9.53 Å². The molecule has 1 aromatic rings. The minimum absolute atomic E-state index is 0.311. The summed E-state index contributed by atoms with van der Waals surface area (Å²) in [5.41, 5.74) is 1.48. The van der Waals surface area contributed by atoms with Crippen molar-refractivity contribution in [3.63, 3.8) is 0 Å². The average molecular weight is 429 g/mol. The van der Waals surface area contributed by atoms with Crippen LogP contribution in [0.2, 0.25) is 10.0 Å². The largest absolute Gasteiger partial charge is 0.490 e. The van der Waals surface area contributed by atoms with Gasteiger partial charge in [-0.05, 0) is 36.5 Å². The zero-order chi connectivity index (χ0) is 20.8. The van der Waals surface area contributed by atoms with Crippen LogP contribution in [0.4, 0.5) is 4.79 Å². The highest BCUT2D eigenvalue weighted by molar-refractivity contribution is 6.37. The third-order valence-corrected chi connectivity index (χ3v) is 4.82. The summed E-state index contributed by atoms with van der Waals surface area (Å²) in [6.07, 6.45) is 2.31. The van der Waals surface area contributed by atoms with E-state index in [1.165, 1.54) is 7.11 Å². The Labute approximate surface area is 175 Å². The van der Waals surface area contributed by atoms with Gasteiger partial charge in [-0.2, -0.15) is 0 Å². The smallest absolute Gasteiger partial charge is 0.337 e. The summed E-state index contributed by atoms with van der Waals surface area (Å²) in [5, 5.41) is 6.12. The van der Waals surface area contributed by atoms with Crippen LogP contribution in [0.25, 0.3) is 0 Å². The molecule has 1 aliphatic rings. The predicted molar refractivity (Wildman–Crippen MR) is 110 cm³/mol. The second-order valence-electron chi connectivity index (χ2n) is 7.04. The fourth-order valence-electron chi connectivity index (χ4n) is 2.90. The van der Waals surface area contributed by atoms with Gasteiger partial charge in [-0.15, -0.1) is 0 Å². The van der Waals surface area contributed by atoms with E-state index in [-0.39, 0.29) is 0 Å². The van der Waals surface area contributed by atoms with Crippen LogP contribution < -0.4 is 15.4 Å². The van der Waals surface area contributed by atoms with Gasteiger partial charge >= 0.3 is 12.0 Å². The maximum atomic E-state index is 12.5. The second-order valence-corrected chi connectivity index (χ2v) is 7.85. The number of carbonyl (C=O) groups is 2. The van der Waals surface area contributed by atoms with E-state index in [1.54, 1.807) is 12.1 Å². The minimum atomic E-state index is -0.720. The zero-order valence-electron chi connectivity index (χ0n) is 16.5. The molecule has 1 aromatic carbocycles. The summed E-state index contributed by atoms with van der Waals surface area (Å²) in [5.74, 6) is 0.178. The number of ether oxygens (including phenoxy) is 2. The number of methoxy groups -OCH3 is 1. The normalized spacial score (nSPS) is 16.7. The number of hydrogen-bond donors (Lipinski definition) is 2. The van der Waals surface area contributed by atoms with Crippen molar-refractivity contribution in [1.82, 2.24) is 10.6 Å². The van der Waals surface area contributed by atoms with Gasteiger partial charge in [-0.3, -0.25) is 0 Å². The molecule has 0 radical (unpaired) electrons. The molecule has 0 saturated heterocycles. The van der Waals surface area contributed by atoms with Crippen molar-refractivity contribution >= 4 is 35.2 Å². The molecule has 0 fully saturated rings. The number of unbranched alkanes of at least 4 members (excludes halogenated alkanes) is 1. The first-order valence-corrected chi connectivity index (χ1v) is 10.0. The fourth-order valence-corrected chi connectivity index (χ4v) is 3.52. The van der Waals surface area contributed by atoms with E-state index in [9.17, 15) is 9.59 Å². The van der Waals surface area contributed by atoms with Gasteiger partial charge < -0.3 is 20.1 Å². The van der Waals surface area contributed by atoms with Gasteiger partial charge in [0.1, 0.15) is 0 Å². The Bertz CT molecular complexity index is 754. The number of halogens is 2. The molecule has 28 heavy (non-hydrogen) atoms. The topological polar surface area (TPSA) is 76.7 Å². The average Bonchev–Trinajstić information content (AvgIpc) is 2.64. The molecular formula is C20H26Cl2N2O4. The Hall–Kier alpha value is -1.92. The highest BCUT2D eigenvalue weighted by atomic mass is 35.5. The number of esters is 1. The van der Waals surface area contributed by atoms with E-state index >= 15 is 0 Å². The number of nitrogens with one attached hydrogen (secondary N) is 2. The molecule has 0 spiro atoms. The number of carbonyl (C=O) groups excluding carboxylic acids is 2. The van der Waals surface area contributed by atoms with Gasteiger partial charge in [-0.25, -0.2) is 9.59 Å². The highest BCUT2D eigenvalue weighted by Crippen LogP contribution is 2.39. The molecule has 1 aliphatic heterocycles. The van der Waals surface area contributed by atoms with Gasteiger partial charge in [0.2, 0.25) is 0 Å². The monoisotopic (exact) mass is 428 g/mol. The van der Waals surface area contributed by atoms with Gasteiger partial charge in [0.25, 0.3) is 0 Å². The lowest BCUT2D eigenvalue weighted by Gasteiger charge is -2.29. The van der Waals surface area contributed by atoms with Crippen molar-refractivity contribution in [2.24, 2.45) is 5.92 Å². The molecule has 1 atom stereocenters. The first-order chi connectivity index (χ1) is 13.3. The summed E-state index contributed by atoms with van der Waals surface area (Å²) >= 11 is 12.8. The van der Waals surface area contributed by atoms with Crippen molar-refractivity contribution in [2.75, 3.05) is 13.7 Å². The number of hydrogen-bond acceptors (Lipinski definition) is 4. The highest BCUT2D eigenvalue weighted by Gasteiger charge is 2.34. The lowest BCUT2D eigenvalue weighted by molar-refractivity contribution is -0.136. The number of urea groups is 1. The van der Waals surface area contributed by atoms with Gasteiger partial charge in [0.05, 0.1) is 35.4 Å². The summed E-state index contributed by atoms with van der Waals surface area (Å²) in [7, 11) is 1.31. The molecule has 0 aliphatic carbocycles. The summed E-state index contributed by atoms with van der Waals surface area (Å²) in [4.78, 5) is 24.7. The van der Waals surface area contributed by atoms with Crippen molar-refractivity contribution in [1.29, 1.82) is 0 Å². The molecule has 6 nitrogen and oxygen atoms in total. The van der Waals surface area contributed by atoms with E-state index < -0.39 is 18.0 Å². The first-order valence-electron chi connectivity index (χ1n) is 9.29. The molecule has 2 amide bonds. The SMILES string of the molecule is CCCCC1=C(C(=O)OC)C(c2cc(Cl)c(OCC(C)C)c(Cl)c2)NC(=O)N1. The molecular weight excluding hydrogens is 403 g/mol. The van der Waals surface area contributed by atoms with Crippen molar-refractivity contribution < 1.29 is 19.1 Å². The van der Waals surface area contributed by atoms with E-state index in [4.69, 9.17) is 32.7 Å². The third-order valence-electron chi connectivity index (χ3n) is 4.25. The fraction of sp³-hybridized carbons (Fsp3) is 0.500. The second kappa shape index (κ2) is 10.0. The Kier molecular flexibility index (Phi) is 8.01. The van der Waals surface area contributed by atoms with Gasteiger partial charge in [0, 0.05) is 5.70 Å². The van der Waals surface area contributed by atoms with E-state index in [2.05, 4.69) is 10.6 Å². The molecule has 1 unspecified atom stereocenters. The van der Waals surface area contributed by atoms with E-state index in [0.717, 1.165) is 12.8 Å². The molecule has 0 bridgehead atoms. The summed E-state index contributed by atoms with van der Waals surface area (Å²) < 4.78 is 10.7. The van der Waals surface area contributed by atoms with Crippen LogP contribution >= 0.6 is 23.2 Å². The molecule has 1 heterocycles. The quantitative estimate of drug-likeness (QED) is 0.571. The van der Waals surface area contributed by atoms with Crippen molar-refractivity contribution in [3.05, 3.63) is 39.0 Å². The summed E-state index contributed by atoms with van der Waals surface area (Å²) in [6.45, 7) is 6.55. The van der Waals surface area contributed by atoms with Crippen LogP contribution in [0.1, 0.15) is 51.6 Å². The molecule has 2 N–H and O–H groups in total. The van der Waals surface area contributed by atoms with Crippen molar-refractivity contribution in [2.45, 2.75) is 46.1 Å². The maximum absolute atomic E-state index is 12.5. The van der Waals surface area contributed by atoms with Gasteiger partial charge in [0.15, 0.2) is 5.75 Å². The van der Waals surface area contributed by atoms with Gasteiger partial charge in [-0.1, -0.05) is 50.4 Å². The molecule has 0 saturated carbocycles. The zero-order valence-corrected chi connectivity index (χ0v) is 18.0. The van der Waals surface area contributed by atoms with E-state index in [0.29, 0.717) is 51.6 Å². The van der Waals surface area contributed by atoms with E-state index in [1.807, 2.05) is 20.8 Å². The minimum Gasteiger partial charge on any atom is -0.490 e. The Morgan fingerprint density at radius 2 is 1.89 bits per heavy atom. The Balaban J connectivity index is 2.47. The van der Waals surface area contributed by atoms with Crippen molar-refractivity contribution in [3.8, 4) is 5.75 Å². The first kappa shape index (κ1) is 22.4. The number of allylic oxidation sites excluding steroid dienone is 1. The predicted octanol–water partition coefficient (Wildman–Crippen LogP) is 5.00. The third kappa shape index (κ3) is 5.32. The lowest BCUT2D eigenvalue weighted by Crippen LogP contribution is -2.45. The number of benzene rings is 1. The molecule has 2 rings (SSSR count). The molecule has 154 valence electrons. The molecule has 8 heteroatoms.